The Morgan fingerprint density at radius 1 is 1.37 bits per heavy atom. The molecule has 1 heterocycles. The lowest BCUT2D eigenvalue weighted by atomic mass is 9.64. The second-order valence-corrected chi connectivity index (χ2v) is 9.62. The normalized spacial score (nSPS) is 28.3. The molecule has 3 atom stereocenters. The number of urea groups is 1. The highest BCUT2D eigenvalue weighted by atomic mass is 79.9. The van der Waals surface area contributed by atoms with Gasteiger partial charge in [-0.15, -0.1) is 0 Å². The lowest BCUT2D eigenvalue weighted by Gasteiger charge is -2.43. The van der Waals surface area contributed by atoms with Gasteiger partial charge in [0.05, 0.1) is 6.54 Å². The number of nitrogens with one attached hydrogen (secondary N) is 1. The third kappa shape index (κ3) is 4.46. The minimum Gasteiger partial charge on any atom is -0.491 e. The summed E-state index contributed by atoms with van der Waals surface area (Å²) in [6.45, 7) is 6.31. The average molecular weight is 439 g/mol. The van der Waals surface area contributed by atoms with Crippen LogP contribution < -0.4 is 10.1 Å². The molecule has 27 heavy (non-hydrogen) atoms. The molecule has 3 rings (SSSR count). The number of ether oxygens (including phenoxy) is 1. The fourth-order valence-corrected chi connectivity index (χ4v) is 5.06. The molecule has 1 spiro atoms. The van der Waals surface area contributed by atoms with Crippen LogP contribution in [-0.2, 0) is 4.79 Å². The topological polar surface area (TPSA) is 78.9 Å². The number of halogens is 1. The molecule has 1 saturated carbocycles. The van der Waals surface area contributed by atoms with Gasteiger partial charge in [0.2, 0.25) is 0 Å². The van der Waals surface area contributed by atoms with Gasteiger partial charge in [-0.05, 0) is 48.8 Å². The van der Waals surface area contributed by atoms with E-state index in [1.807, 2.05) is 12.1 Å². The van der Waals surface area contributed by atoms with Gasteiger partial charge in [0.1, 0.15) is 24.0 Å². The van der Waals surface area contributed by atoms with Crippen LogP contribution in [0, 0.1) is 11.3 Å². The molecule has 0 aromatic heterocycles. The zero-order valence-corrected chi connectivity index (χ0v) is 17.6. The van der Waals surface area contributed by atoms with Gasteiger partial charge < -0.3 is 15.2 Å². The second kappa shape index (κ2) is 7.43. The fourth-order valence-electron chi connectivity index (χ4n) is 4.68. The Hall–Kier alpha value is -1.60. The molecule has 1 aromatic carbocycles. The van der Waals surface area contributed by atoms with Crippen molar-refractivity contribution >= 4 is 27.9 Å². The average Bonchev–Trinajstić information content (AvgIpc) is 2.74. The van der Waals surface area contributed by atoms with E-state index >= 15 is 0 Å². The molecule has 1 aliphatic heterocycles. The van der Waals surface area contributed by atoms with Crippen LogP contribution in [0.5, 0.6) is 5.75 Å². The molecule has 2 fully saturated rings. The van der Waals surface area contributed by atoms with Crippen LogP contribution >= 0.6 is 15.9 Å². The number of imide groups is 1. The highest BCUT2D eigenvalue weighted by molar-refractivity contribution is 9.10. The lowest BCUT2D eigenvalue weighted by molar-refractivity contribution is -0.135. The van der Waals surface area contributed by atoms with Crippen molar-refractivity contribution in [3.63, 3.8) is 0 Å². The minimum atomic E-state index is -0.956. The van der Waals surface area contributed by atoms with Crippen molar-refractivity contribution in [3.8, 4) is 5.75 Å². The molecule has 0 radical (unpaired) electrons. The van der Waals surface area contributed by atoms with Crippen LogP contribution in [0.3, 0.4) is 0 Å². The summed E-state index contributed by atoms with van der Waals surface area (Å²) < 4.78 is 6.44. The van der Waals surface area contributed by atoms with Gasteiger partial charge in [-0.2, -0.15) is 0 Å². The van der Waals surface area contributed by atoms with E-state index in [0.717, 1.165) is 15.8 Å². The highest BCUT2D eigenvalue weighted by Gasteiger charge is 2.56. The van der Waals surface area contributed by atoms with Crippen molar-refractivity contribution in [2.24, 2.45) is 11.3 Å². The molecular formula is C20H27BrN2O4. The van der Waals surface area contributed by atoms with Crippen molar-refractivity contribution in [2.75, 3.05) is 13.2 Å². The van der Waals surface area contributed by atoms with Crippen LogP contribution in [0.2, 0.25) is 0 Å². The first kappa shape index (κ1) is 20.1. The van der Waals surface area contributed by atoms with Crippen molar-refractivity contribution in [1.29, 1.82) is 0 Å². The van der Waals surface area contributed by atoms with Gasteiger partial charge >= 0.3 is 6.03 Å². The molecule has 2 N–H and O–H groups in total. The zero-order chi connectivity index (χ0) is 19.8. The molecule has 0 unspecified atom stereocenters. The van der Waals surface area contributed by atoms with Crippen molar-refractivity contribution in [1.82, 2.24) is 10.2 Å². The predicted molar refractivity (Wildman–Crippen MR) is 105 cm³/mol. The maximum Gasteiger partial charge on any atom is 0.325 e. The van der Waals surface area contributed by atoms with Crippen molar-refractivity contribution < 1.29 is 19.4 Å². The quantitative estimate of drug-likeness (QED) is 0.690. The molecule has 3 amide bonds. The number of carbonyl (C=O) groups is 2. The van der Waals surface area contributed by atoms with Gasteiger partial charge in [-0.25, -0.2) is 4.79 Å². The lowest BCUT2D eigenvalue weighted by Crippen LogP contribution is -2.54. The van der Waals surface area contributed by atoms with Crippen LogP contribution in [0.1, 0.15) is 40.0 Å². The SMILES string of the molecule is C[C@@H]1CC(C)(C)C[C@]2(C1)NC(=O)N(C[C@H](O)COc1cccc(Br)c1)C2=O. The summed E-state index contributed by atoms with van der Waals surface area (Å²) >= 11 is 3.36. The van der Waals surface area contributed by atoms with E-state index in [1.54, 1.807) is 12.1 Å². The first-order chi connectivity index (χ1) is 12.6. The Bertz CT molecular complexity index is 738. The van der Waals surface area contributed by atoms with Gasteiger partial charge in [0.15, 0.2) is 0 Å². The Labute approximate surface area is 168 Å². The Balaban J connectivity index is 1.63. The number of benzene rings is 1. The third-order valence-corrected chi connectivity index (χ3v) is 5.75. The summed E-state index contributed by atoms with van der Waals surface area (Å²) in [5.41, 5.74) is -0.859. The summed E-state index contributed by atoms with van der Waals surface area (Å²) in [6.07, 6.45) is 1.34. The van der Waals surface area contributed by atoms with Crippen LogP contribution in [0.4, 0.5) is 4.79 Å². The summed E-state index contributed by atoms with van der Waals surface area (Å²) in [6, 6.07) is 6.86. The van der Waals surface area contributed by atoms with Gasteiger partial charge in [-0.1, -0.05) is 42.8 Å². The Morgan fingerprint density at radius 3 is 2.78 bits per heavy atom. The Morgan fingerprint density at radius 2 is 2.11 bits per heavy atom. The number of β-amino-alcohol motifs (C(OH)–C–C–N with tert-alkyl or cyclic N) is 1. The first-order valence-electron chi connectivity index (χ1n) is 9.31. The summed E-state index contributed by atoms with van der Waals surface area (Å²) in [5, 5.41) is 13.2. The highest BCUT2D eigenvalue weighted by Crippen LogP contribution is 2.46. The maximum atomic E-state index is 13.1. The van der Waals surface area contributed by atoms with E-state index in [1.165, 1.54) is 0 Å². The van der Waals surface area contributed by atoms with E-state index in [-0.39, 0.29) is 24.5 Å². The summed E-state index contributed by atoms with van der Waals surface area (Å²) in [5.74, 6) is 0.733. The standard InChI is InChI=1S/C20H27BrN2O4/c1-13-8-19(2,3)12-20(9-13)17(25)23(18(26)22-20)10-15(24)11-27-16-6-4-5-14(21)7-16/h4-7,13,15,24H,8-12H2,1-3H3,(H,22,26)/t13-,15+,20+/m1/s1. The second-order valence-electron chi connectivity index (χ2n) is 8.70. The zero-order valence-electron chi connectivity index (χ0n) is 16.0. The van der Waals surface area contributed by atoms with E-state index in [4.69, 9.17) is 4.74 Å². The predicted octanol–water partition coefficient (Wildman–Crippen LogP) is 3.33. The molecular weight excluding hydrogens is 412 g/mol. The number of carbonyl (C=O) groups excluding carboxylic acids is 2. The summed E-state index contributed by atoms with van der Waals surface area (Å²) in [4.78, 5) is 26.7. The molecule has 1 saturated heterocycles. The van der Waals surface area contributed by atoms with Gasteiger partial charge in [0.25, 0.3) is 5.91 Å². The number of amides is 3. The number of rotatable bonds is 5. The molecule has 6 nitrogen and oxygen atoms in total. The number of aliphatic hydroxyl groups excluding tert-OH is 1. The number of nitrogens with zero attached hydrogens (tertiary/aromatic N) is 1. The molecule has 0 bridgehead atoms. The molecule has 148 valence electrons. The fraction of sp³-hybridized carbons (Fsp3) is 0.600. The third-order valence-electron chi connectivity index (χ3n) is 5.26. The smallest absolute Gasteiger partial charge is 0.325 e. The van der Waals surface area contributed by atoms with E-state index in [2.05, 4.69) is 42.0 Å². The minimum absolute atomic E-state index is 0.00239. The number of aliphatic hydroxyl groups is 1. The molecule has 1 aliphatic carbocycles. The summed E-state index contributed by atoms with van der Waals surface area (Å²) in [7, 11) is 0. The monoisotopic (exact) mass is 438 g/mol. The van der Waals surface area contributed by atoms with Gasteiger partial charge in [0, 0.05) is 4.47 Å². The van der Waals surface area contributed by atoms with Crippen LogP contribution in [0.25, 0.3) is 0 Å². The largest absolute Gasteiger partial charge is 0.491 e. The van der Waals surface area contributed by atoms with Crippen molar-refractivity contribution in [2.45, 2.75) is 51.7 Å². The van der Waals surface area contributed by atoms with Crippen LogP contribution in [0.15, 0.2) is 28.7 Å². The van der Waals surface area contributed by atoms with Crippen LogP contribution in [-0.4, -0.2) is 46.7 Å². The van der Waals surface area contributed by atoms with E-state index < -0.39 is 17.7 Å². The molecule has 7 heteroatoms. The van der Waals surface area contributed by atoms with Gasteiger partial charge in [-0.3, -0.25) is 9.69 Å². The maximum absolute atomic E-state index is 13.1. The van der Waals surface area contributed by atoms with E-state index in [9.17, 15) is 14.7 Å². The van der Waals surface area contributed by atoms with E-state index in [0.29, 0.717) is 24.5 Å². The number of hydrogen-bond donors (Lipinski definition) is 2. The first-order valence-corrected chi connectivity index (χ1v) is 10.1. The Kier molecular flexibility index (Phi) is 5.54. The molecule has 1 aromatic rings. The van der Waals surface area contributed by atoms with Crippen molar-refractivity contribution in [3.05, 3.63) is 28.7 Å². The number of hydrogen-bond acceptors (Lipinski definition) is 4. The molecule has 2 aliphatic rings.